The number of nitrogens with two attached hydrogens (primary N) is 1. The van der Waals surface area contributed by atoms with Crippen LogP contribution in [0.2, 0.25) is 0 Å². The molecule has 0 aliphatic rings. The summed E-state index contributed by atoms with van der Waals surface area (Å²) in [6, 6.07) is 5.78. The van der Waals surface area contributed by atoms with E-state index in [0.29, 0.717) is 0 Å². The molecular formula is C11H10N4. The molecule has 15 heavy (non-hydrogen) atoms. The van der Waals surface area contributed by atoms with Crippen molar-refractivity contribution in [1.29, 1.82) is 0 Å². The van der Waals surface area contributed by atoms with E-state index in [1.807, 2.05) is 23.7 Å². The van der Waals surface area contributed by atoms with Gasteiger partial charge in [-0.15, -0.1) is 0 Å². The first kappa shape index (κ1) is 8.23. The lowest BCUT2D eigenvalue weighted by Crippen LogP contribution is -1.90. The maximum Gasteiger partial charge on any atom is 0.0999 e. The second-order valence-corrected chi connectivity index (χ2v) is 3.58. The molecule has 3 aromatic rings. The Balaban J connectivity index is 2.64. The van der Waals surface area contributed by atoms with Crippen molar-refractivity contribution >= 4 is 27.6 Å². The van der Waals surface area contributed by atoms with Crippen LogP contribution in [0.25, 0.3) is 21.9 Å². The van der Waals surface area contributed by atoms with Gasteiger partial charge in [0, 0.05) is 18.9 Å². The van der Waals surface area contributed by atoms with E-state index in [1.54, 1.807) is 18.6 Å². The minimum Gasteiger partial charge on any atom is -0.398 e. The van der Waals surface area contributed by atoms with Crippen molar-refractivity contribution in [2.24, 2.45) is 7.05 Å². The van der Waals surface area contributed by atoms with Crippen molar-refractivity contribution in [1.82, 2.24) is 14.5 Å². The van der Waals surface area contributed by atoms with Crippen LogP contribution in [0.15, 0.2) is 30.7 Å². The molecule has 1 aromatic carbocycles. The minimum atomic E-state index is 0.726. The van der Waals surface area contributed by atoms with E-state index in [1.165, 1.54) is 0 Å². The van der Waals surface area contributed by atoms with Gasteiger partial charge in [-0.25, -0.2) is 4.98 Å². The Hall–Kier alpha value is -2.10. The maximum absolute atomic E-state index is 5.94. The molecule has 0 atom stereocenters. The van der Waals surface area contributed by atoms with Crippen LogP contribution < -0.4 is 5.73 Å². The molecule has 0 spiro atoms. The first-order chi connectivity index (χ1) is 7.27. The third kappa shape index (κ3) is 1.01. The number of nitrogen functional groups attached to an aromatic ring is 1. The van der Waals surface area contributed by atoms with Gasteiger partial charge < -0.3 is 10.3 Å². The van der Waals surface area contributed by atoms with E-state index in [-0.39, 0.29) is 0 Å². The van der Waals surface area contributed by atoms with Crippen LogP contribution in [0.5, 0.6) is 0 Å². The lowest BCUT2D eigenvalue weighted by Gasteiger charge is -2.02. The largest absolute Gasteiger partial charge is 0.398 e. The highest BCUT2D eigenvalue weighted by Gasteiger charge is 2.07. The van der Waals surface area contributed by atoms with Crippen molar-refractivity contribution in [2.75, 3.05) is 5.73 Å². The summed E-state index contributed by atoms with van der Waals surface area (Å²) in [7, 11) is 1.97. The van der Waals surface area contributed by atoms with Crippen molar-refractivity contribution in [3.8, 4) is 0 Å². The number of aryl methyl sites for hydroxylation is 1. The molecule has 0 radical (unpaired) electrons. The maximum atomic E-state index is 5.94. The van der Waals surface area contributed by atoms with E-state index in [4.69, 9.17) is 5.73 Å². The number of hydrogen-bond donors (Lipinski definition) is 1. The van der Waals surface area contributed by atoms with Gasteiger partial charge in [0.2, 0.25) is 0 Å². The zero-order valence-corrected chi connectivity index (χ0v) is 8.31. The van der Waals surface area contributed by atoms with Crippen LogP contribution in [0.1, 0.15) is 0 Å². The summed E-state index contributed by atoms with van der Waals surface area (Å²) >= 11 is 0. The molecule has 2 heterocycles. The van der Waals surface area contributed by atoms with Crippen LogP contribution in [0.4, 0.5) is 5.69 Å². The molecule has 0 aliphatic carbocycles. The highest BCUT2D eigenvalue weighted by atomic mass is 15.0. The number of nitrogens with zero attached hydrogens (tertiary/aromatic N) is 3. The Morgan fingerprint density at radius 2 is 2.07 bits per heavy atom. The van der Waals surface area contributed by atoms with Crippen LogP contribution in [0.3, 0.4) is 0 Å². The normalized spacial score (nSPS) is 11.3. The monoisotopic (exact) mass is 198 g/mol. The number of aromatic nitrogens is 3. The molecule has 4 nitrogen and oxygen atoms in total. The Morgan fingerprint density at radius 1 is 1.20 bits per heavy atom. The average molecular weight is 198 g/mol. The van der Waals surface area contributed by atoms with Crippen molar-refractivity contribution in [3.05, 3.63) is 30.7 Å². The third-order valence-corrected chi connectivity index (χ3v) is 2.63. The summed E-state index contributed by atoms with van der Waals surface area (Å²) in [6.07, 6.45) is 3.50. The van der Waals surface area contributed by atoms with Gasteiger partial charge >= 0.3 is 0 Å². The first-order valence-corrected chi connectivity index (χ1v) is 4.71. The quantitative estimate of drug-likeness (QED) is 0.598. The average Bonchev–Trinajstić information content (AvgIpc) is 2.61. The summed E-state index contributed by atoms with van der Waals surface area (Å²) in [5.74, 6) is 0. The molecule has 0 fully saturated rings. The number of imidazole rings is 1. The highest BCUT2D eigenvalue weighted by Crippen LogP contribution is 2.26. The zero-order chi connectivity index (χ0) is 10.4. The fraction of sp³-hybridized carbons (Fsp3) is 0.0909. The SMILES string of the molecule is Cn1cnc2c3c(N)ccnc3ccc21. The smallest absolute Gasteiger partial charge is 0.0999 e. The van der Waals surface area contributed by atoms with E-state index >= 15 is 0 Å². The molecule has 2 N–H and O–H groups in total. The molecule has 2 aromatic heterocycles. The number of hydrogen-bond acceptors (Lipinski definition) is 3. The van der Waals surface area contributed by atoms with Crippen molar-refractivity contribution in [2.45, 2.75) is 0 Å². The van der Waals surface area contributed by atoms with Crippen LogP contribution in [-0.4, -0.2) is 14.5 Å². The number of pyridine rings is 1. The van der Waals surface area contributed by atoms with Gasteiger partial charge in [-0.2, -0.15) is 0 Å². The predicted molar refractivity (Wildman–Crippen MR) is 60.4 cm³/mol. The van der Waals surface area contributed by atoms with Gasteiger partial charge in [-0.3, -0.25) is 4.98 Å². The summed E-state index contributed by atoms with van der Waals surface area (Å²) < 4.78 is 1.97. The molecule has 0 saturated heterocycles. The minimum absolute atomic E-state index is 0.726. The Morgan fingerprint density at radius 3 is 2.93 bits per heavy atom. The fourth-order valence-corrected chi connectivity index (χ4v) is 1.86. The second kappa shape index (κ2) is 2.70. The predicted octanol–water partition coefficient (Wildman–Crippen LogP) is 1.70. The van der Waals surface area contributed by atoms with Crippen molar-refractivity contribution < 1.29 is 0 Å². The molecule has 74 valence electrons. The lowest BCUT2D eigenvalue weighted by molar-refractivity contribution is 0.948. The molecule has 0 saturated carbocycles. The van der Waals surface area contributed by atoms with Gasteiger partial charge in [-0.1, -0.05) is 0 Å². The Bertz CT molecular complexity index is 654. The molecule has 4 heteroatoms. The molecule has 0 unspecified atom stereocenters. The van der Waals surface area contributed by atoms with Gasteiger partial charge in [-0.05, 0) is 18.2 Å². The lowest BCUT2D eigenvalue weighted by atomic mass is 10.1. The van der Waals surface area contributed by atoms with Crippen LogP contribution in [0, 0.1) is 0 Å². The van der Waals surface area contributed by atoms with Gasteiger partial charge in [0.15, 0.2) is 0 Å². The van der Waals surface area contributed by atoms with Crippen LogP contribution in [-0.2, 0) is 7.05 Å². The molecule has 0 bridgehead atoms. The summed E-state index contributed by atoms with van der Waals surface area (Å²) in [6.45, 7) is 0. The third-order valence-electron chi connectivity index (χ3n) is 2.63. The Labute approximate surface area is 86.4 Å². The highest BCUT2D eigenvalue weighted by molar-refractivity contribution is 6.08. The molecular weight excluding hydrogens is 188 g/mol. The second-order valence-electron chi connectivity index (χ2n) is 3.58. The Kier molecular flexibility index (Phi) is 1.48. The standard InChI is InChI=1S/C11H10N4/c1-15-6-14-11-9(15)3-2-8-10(11)7(12)4-5-13-8/h2-6H,1H3,(H2,12,13). The zero-order valence-electron chi connectivity index (χ0n) is 8.31. The van der Waals surface area contributed by atoms with Crippen molar-refractivity contribution in [3.63, 3.8) is 0 Å². The van der Waals surface area contributed by atoms with E-state index in [2.05, 4.69) is 9.97 Å². The topological polar surface area (TPSA) is 56.7 Å². The summed E-state index contributed by atoms with van der Waals surface area (Å²) in [4.78, 5) is 8.62. The summed E-state index contributed by atoms with van der Waals surface area (Å²) in [5, 5.41) is 0.940. The number of benzene rings is 1. The van der Waals surface area contributed by atoms with Gasteiger partial charge in [0.05, 0.1) is 28.3 Å². The number of fused-ring (bicyclic) bond motifs is 3. The molecule has 3 rings (SSSR count). The van der Waals surface area contributed by atoms with E-state index < -0.39 is 0 Å². The van der Waals surface area contributed by atoms with E-state index in [9.17, 15) is 0 Å². The number of anilines is 1. The molecule has 0 aliphatic heterocycles. The first-order valence-electron chi connectivity index (χ1n) is 4.71. The van der Waals surface area contributed by atoms with Gasteiger partial charge in [0.1, 0.15) is 0 Å². The molecule has 0 amide bonds. The van der Waals surface area contributed by atoms with E-state index in [0.717, 1.165) is 27.6 Å². The fourth-order valence-electron chi connectivity index (χ4n) is 1.86. The van der Waals surface area contributed by atoms with Gasteiger partial charge in [0.25, 0.3) is 0 Å². The summed E-state index contributed by atoms with van der Waals surface area (Å²) in [5.41, 5.74) is 9.55. The number of rotatable bonds is 0. The van der Waals surface area contributed by atoms with Crippen LogP contribution >= 0.6 is 0 Å².